The maximum atomic E-state index is 12.8. The highest BCUT2D eigenvalue weighted by Crippen LogP contribution is 2.44. The first-order valence-corrected chi connectivity index (χ1v) is 10.8. The third-order valence-electron chi connectivity index (χ3n) is 6.32. The lowest BCUT2D eigenvalue weighted by Gasteiger charge is -2.25. The summed E-state index contributed by atoms with van der Waals surface area (Å²) in [7, 11) is 1.50. The van der Waals surface area contributed by atoms with E-state index in [0.29, 0.717) is 12.8 Å². The van der Waals surface area contributed by atoms with E-state index in [-0.39, 0.29) is 12.5 Å². The van der Waals surface area contributed by atoms with Crippen molar-refractivity contribution in [1.29, 1.82) is 0 Å². The fourth-order valence-electron chi connectivity index (χ4n) is 4.49. The fraction of sp³-hybridized carbons (Fsp3) is 0.259. The quantitative estimate of drug-likeness (QED) is 0.556. The Morgan fingerprint density at radius 3 is 2.09 bits per heavy atom. The number of likely N-dealkylation sites (N-methyl/N-ethyl adjacent to an activating group) is 1. The first-order valence-electron chi connectivity index (χ1n) is 10.8. The highest BCUT2D eigenvalue weighted by atomic mass is 16.6. The molecule has 0 aromatic heterocycles. The Morgan fingerprint density at radius 2 is 1.50 bits per heavy atom. The van der Waals surface area contributed by atoms with E-state index in [1.165, 1.54) is 11.9 Å². The van der Waals surface area contributed by atoms with Gasteiger partial charge in [-0.1, -0.05) is 72.8 Å². The Balaban J connectivity index is 1.44. The second-order valence-electron chi connectivity index (χ2n) is 8.23. The molecule has 0 fully saturated rings. The molecule has 1 unspecified atom stereocenters. The number of carboxylic acid groups (broad SMARTS) is 1. The lowest BCUT2D eigenvalue weighted by atomic mass is 9.98. The zero-order valence-electron chi connectivity index (χ0n) is 18.3. The smallest absolute Gasteiger partial charge is 0.410 e. The van der Waals surface area contributed by atoms with Crippen LogP contribution in [0.1, 0.15) is 34.6 Å². The molecular formula is C27H27NO4. The highest BCUT2D eigenvalue weighted by molar-refractivity contribution is 5.81. The molecule has 0 aliphatic heterocycles. The summed E-state index contributed by atoms with van der Waals surface area (Å²) in [6.45, 7) is 2.17. The van der Waals surface area contributed by atoms with Gasteiger partial charge in [0.1, 0.15) is 12.6 Å². The van der Waals surface area contributed by atoms with Crippen LogP contribution in [0.2, 0.25) is 0 Å². The van der Waals surface area contributed by atoms with Gasteiger partial charge in [-0.2, -0.15) is 0 Å². The molecule has 0 bridgehead atoms. The summed E-state index contributed by atoms with van der Waals surface area (Å²) >= 11 is 0. The first kappa shape index (κ1) is 21.6. The molecule has 3 aromatic carbocycles. The maximum Gasteiger partial charge on any atom is 0.410 e. The Kier molecular flexibility index (Phi) is 6.26. The van der Waals surface area contributed by atoms with E-state index in [4.69, 9.17) is 4.74 Å². The summed E-state index contributed by atoms with van der Waals surface area (Å²) in [6, 6.07) is 23.2. The summed E-state index contributed by atoms with van der Waals surface area (Å²) in [4.78, 5) is 25.9. The number of hydrogen-bond acceptors (Lipinski definition) is 3. The zero-order chi connectivity index (χ0) is 22.7. The van der Waals surface area contributed by atoms with Crippen molar-refractivity contribution in [2.75, 3.05) is 13.7 Å². The van der Waals surface area contributed by atoms with Crippen molar-refractivity contribution in [1.82, 2.24) is 4.90 Å². The number of carbonyl (C=O) groups is 2. The molecular weight excluding hydrogens is 402 g/mol. The molecule has 5 heteroatoms. The number of carboxylic acids is 1. The van der Waals surface area contributed by atoms with E-state index in [1.54, 1.807) is 0 Å². The van der Waals surface area contributed by atoms with Crippen LogP contribution >= 0.6 is 0 Å². The number of benzene rings is 3. The number of nitrogens with zero attached hydrogens (tertiary/aromatic N) is 1. The van der Waals surface area contributed by atoms with Gasteiger partial charge in [-0.25, -0.2) is 9.59 Å². The van der Waals surface area contributed by atoms with Gasteiger partial charge in [0.2, 0.25) is 0 Å². The van der Waals surface area contributed by atoms with E-state index in [0.717, 1.165) is 33.4 Å². The number of hydrogen-bond donors (Lipinski definition) is 1. The second-order valence-corrected chi connectivity index (χ2v) is 8.23. The van der Waals surface area contributed by atoms with Crippen LogP contribution in [0.5, 0.6) is 0 Å². The van der Waals surface area contributed by atoms with Crippen molar-refractivity contribution < 1.29 is 19.4 Å². The number of aliphatic carboxylic acids is 1. The van der Waals surface area contributed by atoms with Gasteiger partial charge >= 0.3 is 12.1 Å². The SMILES string of the molecule is Cc1ccccc1CCC(C(=O)O)N(C)C(=O)OCC1c2ccccc2-c2ccccc21. The lowest BCUT2D eigenvalue weighted by molar-refractivity contribution is -0.142. The number of rotatable bonds is 7. The van der Waals surface area contributed by atoms with Gasteiger partial charge in [0, 0.05) is 13.0 Å². The predicted molar refractivity (Wildman–Crippen MR) is 124 cm³/mol. The molecule has 0 spiro atoms. The molecule has 5 nitrogen and oxygen atoms in total. The highest BCUT2D eigenvalue weighted by Gasteiger charge is 2.31. The van der Waals surface area contributed by atoms with E-state index in [1.807, 2.05) is 55.5 Å². The van der Waals surface area contributed by atoms with Gasteiger partial charge in [0.25, 0.3) is 0 Å². The van der Waals surface area contributed by atoms with Crippen LogP contribution in [0.3, 0.4) is 0 Å². The Morgan fingerprint density at radius 1 is 0.938 bits per heavy atom. The minimum Gasteiger partial charge on any atom is -0.480 e. The fourth-order valence-corrected chi connectivity index (χ4v) is 4.49. The van der Waals surface area contributed by atoms with Crippen LogP contribution in [-0.2, 0) is 16.0 Å². The molecule has 1 atom stereocenters. The third-order valence-corrected chi connectivity index (χ3v) is 6.32. The second kappa shape index (κ2) is 9.27. The maximum absolute atomic E-state index is 12.8. The van der Waals surface area contributed by atoms with Crippen molar-refractivity contribution in [3.8, 4) is 11.1 Å². The third kappa shape index (κ3) is 4.24. The van der Waals surface area contributed by atoms with Crippen molar-refractivity contribution in [2.45, 2.75) is 31.7 Å². The van der Waals surface area contributed by atoms with Crippen LogP contribution in [-0.4, -0.2) is 41.8 Å². The van der Waals surface area contributed by atoms with E-state index < -0.39 is 18.1 Å². The summed E-state index contributed by atoms with van der Waals surface area (Å²) in [5.74, 6) is -1.09. The molecule has 0 heterocycles. The molecule has 1 N–H and O–H groups in total. The van der Waals surface area contributed by atoms with Gasteiger partial charge in [-0.15, -0.1) is 0 Å². The number of carbonyl (C=O) groups excluding carboxylic acids is 1. The molecule has 1 aliphatic carbocycles. The van der Waals surface area contributed by atoms with Gasteiger partial charge in [-0.05, 0) is 53.1 Å². The molecule has 1 amide bonds. The normalized spacial score (nSPS) is 13.2. The molecule has 0 saturated carbocycles. The lowest BCUT2D eigenvalue weighted by Crippen LogP contribution is -2.43. The summed E-state index contributed by atoms with van der Waals surface area (Å²) in [6.07, 6.45) is 0.273. The first-order chi connectivity index (χ1) is 15.5. The van der Waals surface area contributed by atoms with Crippen LogP contribution in [0.25, 0.3) is 11.1 Å². The Bertz CT molecular complexity index is 1090. The number of ether oxygens (including phenoxy) is 1. The monoisotopic (exact) mass is 429 g/mol. The average Bonchev–Trinajstić information content (AvgIpc) is 3.12. The Labute approximate surface area is 188 Å². The van der Waals surface area contributed by atoms with Crippen LogP contribution in [0, 0.1) is 6.92 Å². The van der Waals surface area contributed by atoms with E-state index in [2.05, 4.69) is 24.3 Å². The van der Waals surface area contributed by atoms with Crippen LogP contribution < -0.4 is 0 Å². The van der Waals surface area contributed by atoms with Crippen molar-refractivity contribution in [3.05, 3.63) is 95.1 Å². The average molecular weight is 430 g/mol. The minimum atomic E-state index is -1.03. The van der Waals surface area contributed by atoms with Gasteiger partial charge in [0.15, 0.2) is 0 Å². The molecule has 4 rings (SSSR count). The molecule has 32 heavy (non-hydrogen) atoms. The van der Waals surface area contributed by atoms with Crippen molar-refractivity contribution in [3.63, 3.8) is 0 Å². The number of fused-ring (bicyclic) bond motifs is 3. The largest absolute Gasteiger partial charge is 0.480 e. The molecule has 1 aliphatic rings. The number of aryl methyl sites for hydroxylation is 2. The minimum absolute atomic E-state index is 0.0602. The Hall–Kier alpha value is -3.60. The van der Waals surface area contributed by atoms with Crippen molar-refractivity contribution in [2.24, 2.45) is 0 Å². The zero-order valence-corrected chi connectivity index (χ0v) is 18.3. The van der Waals surface area contributed by atoms with Crippen molar-refractivity contribution >= 4 is 12.1 Å². The summed E-state index contributed by atoms with van der Waals surface area (Å²) in [5.41, 5.74) is 6.75. The molecule has 0 saturated heterocycles. The summed E-state index contributed by atoms with van der Waals surface area (Å²) in [5, 5.41) is 9.73. The standard InChI is InChI=1S/C27H27NO4/c1-18-9-3-4-10-19(18)15-16-25(26(29)30)28(2)27(31)32-17-24-22-13-7-5-11-20(22)21-12-6-8-14-23(21)24/h3-14,24-25H,15-17H2,1-2H3,(H,29,30). The van der Waals surface area contributed by atoms with Gasteiger partial charge < -0.3 is 9.84 Å². The van der Waals surface area contributed by atoms with Gasteiger partial charge in [0.05, 0.1) is 0 Å². The van der Waals surface area contributed by atoms with Crippen LogP contribution in [0.15, 0.2) is 72.8 Å². The molecule has 0 radical (unpaired) electrons. The molecule has 3 aromatic rings. The van der Waals surface area contributed by atoms with Crippen LogP contribution in [0.4, 0.5) is 4.79 Å². The topological polar surface area (TPSA) is 66.8 Å². The van der Waals surface area contributed by atoms with Gasteiger partial charge in [-0.3, -0.25) is 4.90 Å². The summed E-state index contributed by atoms with van der Waals surface area (Å²) < 4.78 is 5.63. The number of amides is 1. The molecule has 164 valence electrons. The predicted octanol–water partition coefficient (Wildman–Crippen LogP) is 5.26. The van der Waals surface area contributed by atoms with E-state index in [9.17, 15) is 14.7 Å². The van der Waals surface area contributed by atoms with E-state index >= 15 is 0 Å².